The third kappa shape index (κ3) is 4.94. The van der Waals surface area contributed by atoms with Crippen LogP contribution in [0.2, 0.25) is 0 Å². The molecule has 2 aromatic heterocycles. The second-order valence-corrected chi connectivity index (χ2v) is 8.00. The van der Waals surface area contributed by atoms with Crippen molar-refractivity contribution in [1.29, 1.82) is 0 Å². The van der Waals surface area contributed by atoms with E-state index in [-0.39, 0.29) is 12.4 Å². The number of rotatable bonds is 7. The van der Waals surface area contributed by atoms with Gasteiger partial charge in [-0.25, -0.2) is 14.4 Å². The molecule has 2 aromatic carbocycles. The fraction of sp³-hybridized carbons (Fsp3) is 0.292. The number of hydrogen-bond acceptors (Lipinski definition) is 8. The molecule has 1 atom stereocenters. The number of aliphatic hydroxyl groups excluding tert-OH is 1. The summed E-state index contributed by atoms with van der Waals surface area (Å²) in [5, 5.41) is 15.2. The van der Waals surface area contributed by atoms with E-state index < -0.39 is 6.10 Å². The normalized spacial score (nSPS) is 15.6. The molecule has 0 unspecified atom stereocenters. The van der Waals surface area contributed by atoms with E-state index in [0.717, 1.165) is 43.1 Å². The number of benzene rings is 2. The maximum atomic E-state index is 13.4. The van der Waals surface area contributed by atoms with E-state index >= 15 is 0 Å². The Balaban J connectivity index is 1.11. The van der Waals surface area contributed by atoms with Crippen molar-refractivity contribution in [2.75, 3.05) is 44.2 Å². The number of nitrogens with zero attached hydrogens (tertiary/aromatic N) is 5. The van der Waals surface area contributed by atoms with Crippen molar-refractivity contribution in [3.63, 3.8) is 0 Å². The molecule has 0 radical (unpaired) electrons. The Morgan fingerprint density at radius 1 is 1.03 bits per heavy atom. The van der Waals surface area contributed by atoms with E-state index in [1.807, 2.05) is 30.3 Å². The molecule has 0 amide bonds. The van der Waals surface area contributed by atoms with Crippen LogP contribution in [0.3, 0.4) is 0 Å². The molecule has 33 heavy (non-hydrogen) atoms. The van der Waals surface area contributed by atoms with Crippen LogP contribution in [0.5, 0.6) is 5.75 Å². The molecule has 0 spiro atoms. The molecule has 1 aliphatic rings. The van der Waals surface area contributed by atoms with E-state index in [9.17, 15) is 9.50 Å². The van der Waals surface area contributed by atoms with Crippen molar-refractivity contribution < 1.29 is 18.8 Å². The van der Waals surface area contributed by atoms with Crippen LogP contribution in [-0.2, 0) is 0 Å². The minimum absolute atomic E-state index is 0.202. The lowest BCUT2D eigenvalue weighted by Gasteiger charge is -2.35. The summed E-state index contributed by atoms with van der Waals surface area (Å²) in [5.41, 5.74) is 1.90. The van der Waals surface area contributed by atoms with Crippen LogP contribution >= 0.6 is 0 Å². The van der Waals surface area contributed by atoms with Gasteiger partial charge in [0.25, 0.3) is 0 Å². The van der Waals surface area contributed by atoms with Gasteiger partial charge in [0.15, 0.2) is 5.58 Å². The Bertz CT molecular complexity index is 1190. The lowest BCUT2D eigenvalue weighted by molar-refractivity contribution is 0.0662. The summed E-state index contributed by atoms with van der Waals surface area (Å²) in [6.07, 6.45) is 2.90. The van der Waals surface area contributed by atoms with E-state index in [1.165, 1.54) is 12.1 Å². The third-order valence-electron chi connectivity index (χ3n) is 5.68. The summed E-state index contributed by atoms with van der Waals surface area (Å²) in [6.45, 7) is 4.06. The number of aromatic nitrogens is 3. The van der Waals surface area contributed by atoms with E-state index in [4.69, 9.17) is 9.26 Å². The maximum absolute atomic E-state index is 13.4. The van der Waals surface area contributed by atoms with E-state index in [0.29, 0.717) is 23.6 Å². The highest BCUT2D eigenvalue weighted by atomic mass is 19.1. The highest BCUT2D eigenvalue weighted by Gasteiger charge is 2.21. The van der Waals surface area contributed by atoms with Crippen molar-refractivity contribution in [3.05, 3.63) is 66.7 Å². The van der Waals surface area contributed by atoms with Gasteiger partial charge in [0, 0.05) is 62.1 Å². The molecular formula is C24H24FN5O3. The quantitative estimate of drug-likeness (QED) is 0.461. The average Bonchev–Trinajstić information content (AvgIpc) is 3.27. The molecule has 3 heterocycles. The van der Waals surface area contributed by atoms with Crippen LogP contribution in [0.15, 0.2) is 65.4 Å². The van der Waals surface area contributed by atoms with E-state index in [1.54, 1.807) is 18.5 Å². The van der Waals surface area contributed by atoms with Crippen molar-refractivity contribution in [3.8, 4) is 17.0 Å². The van der Waals surface area contributed by atoms with E-state index in [2.05, 4.69) is 24.9 Å². The summed E-state index contributed by atoms with van der Waals surface area (Å²) < 4.78 is 24.4. The zero-order valence-corrected chi connectivity index (χ0v) is 18.0. The van der Waals surface area contributed by atoms with Crippen molar-refractivity contribution in [1.82, 2.24) is 20.0 Å². The molecule has 1 saturated heterocycles. The van der Waals surface area contributed by atoms with Crippen LogP contribution in [-0.4, -0.2) is 70.6 Å². The average molecular weight is 449 g/mol. The smallest absolute Gasteiger partial charge is 0.225 e. The molecule has 0 saturated carbocycles. The fourth-order valence-corrected chi connectivity index (χ4v) is 3.96. The Hall–Kier alpha value is -3.56. The number of aliphatic hydroxyl groups is 1. The summed E-state index contributed by atoms with van der Waals surface area (Å²) in [4.78, 5) is 13.0. The van der Waals surface area contributed by atoms with Gasteiger partial charge in [-0.2, -0.15) is 0 Å². The molecular weight excluding hydrogens is 425 g/mol. The van der Waals surface area contributed by atoms with Gasteiger partial charge in [0.1, 0.15) is 30.0 Å². The Morgan fingerprint density at radius 2 is 1.79 bits per heavy atom. The first-order chi connectivity index (χ1) is 16.2. The highest BCUT2D eigenvalue weighted by Crippen LogP contribution is 2.29. The first kappa shape index (κ1) is 21.3. The minimum Gasteiger partial charge on any atom is -0.491 e. The topological polar surface area (TPSA) is 87.8 Å². The molecule has 4 aromatic rings. The lowest BCUT2D eigenvalue weighted by Crippen LogP contribution is -2.49. The molecule has 5 rings (SSSR count). The van der Waals surface area contributed by atoms with Gasteiger partial charge in [0.05, 0.1) is 0 Å². The summed E-state index contributed by atoms with van der Waals surface area (Å²) in [7, 11) is 0. The first-order valence-electron chi connectivity index (χ1n) is 10.9. The Kier molecular flexibility index (Phi) is 6.14. The minimum atomic E-state index is -0.599. The molecule has 0 aliphatic carbocycles. The number of piperazine rings is 1. The Labute approximate surface area is 190 Å². The molecule has 8 nitrogen and oxygen atoms in total. The van der Waals surface area contributed by atoms with Crippen LogP contribution in [0, 0.1) is 5.82 Å². The zero-order valence-electron chi connectivity index (χ0n) is 18.0. The van der Waals surface area contributed by atoms with Crippen LogP contribution in [0.25, 0.3) is 22.2 Å². The first-order valence-corrected chi connectivity index (χ1v) is 10.9. The molecule has 9 heteroatoms. The van der Waals surface area contributed by atoms with Crippen LogP contribution in [0.1, 0.15) is 0 Å². The lowest BCUT2D eigenvalue weighted by atomic mass is 10.1. The number of halogens is 1. The highest BCUT2D eigenvalue weighted by molar-refractivity contribution is 5.91. The number of ether oxygens (including phenoxy) is 1. The fourth-order valence-electron chi connectivity index (χ4n) is 3.96. The van der Waals surface area contributed by atoms with Gasteiger partial charge in [-0.05, 0) is 42.5 Å². The van der Waals surface area contributed by atoms with Crippen LogP contribution in [0.4, 0.5) is 10.3 Å². The number of β-amino-alcohol motifs (C(OH)–C–C–N with tert-alkyl or cyclic N) is 1. The van der Waals surface area contributed by atoms with Crippen molar-refractivity contribution >= 4 is 16.9 Å². The molecule has 1 aliphatic heterocycles. The number of anilines is 1. The standard InChI is InChI=1S/C24H24FN5O3/c25-18-4-7-21-22(14-18)33-28-23(21)17-2-5-20(6-3-17)32-16-19(31)15-29-10-12-30(13-11-29)24-26-8-1-9-27-24/h1-9,14,19,31H,10-13,15-16H2/t19-/m1/s1. The number of hydrogen-bond donors (Lipinski definition) is 1. The predicted molar refractivity (Wildman–Crippen MR) is 122 cm³/mol. The Morgan fingerprint density at radius 3 is 2.55 bits per heavy atom. The van der Waals surface area contributed by atoms with Gasteiger partial charge in [-0.1, -0.05) is 5.16 Å². The maximum Gasteiger partial charge on any atom is 0.225 e. The zero-order chi connectivity index (χ0) is 22.6. The second-order valence-electron chi connectivity index (χ2n) is 8.00. The third-order valence-corrected chi connectivity index (χ3v) is 5.68. The monoisotopic (exact) mass is 449 g/mol. The molecule has 1 N–H and O–H groups in total. The number of fused-ring (bicyclic) bond motifs is 1. The second kappa shape index (κ2) is 9.51. The van der Waals surface area contributed by atoms with Gasteiger partial charge in [-0.3, -0.25) is 4.90 Å². The SMILES string of the molecule is O[C@@H](COc1ccc(-c2noc3cc(F)ccc23)cc1)CN1CCN(c2ncccn2)CC1. The van der Waals surface area contributed by atoms with Crippen molar-refractivity contribution in [2.24, 2.45) is 0 Å². The van der Waals surface area contributed by atoms with Crippen LogP contribution < -0.4 is 9.64 Å². The van der Waals surface area contributed by atoms with Gasteiger partial charge in [0.2, 0.25) is 5.95 Å². The predicted octanol–water partition coefficient (Wildman–Crippen LogP) is 2.99. The molecule has 0 bridgehead atoms. The summed E-state index contributed by atoms with van der Waals surface area (Å²) >= 11 is 0. The summed E-state index contributed by atoms with van der Waals surface area (Å²) in [5.74, 6) is 1.04. The molecule has 170 valence electrons. The van der Waals surface area contributed by atoms with Crippen molar-refractivity contribution in [2.45, 2.75) is 6.10 Å². The summed E-state index contributed by atoms with van der Waals surface area (Å²) in [6, 6.07) is 13.6. The van der Waals surface area contributed by atoms with Gasteiger partial charge in [-0.15, -0.1) is 0 Å². The van der Waals surface area contributed by atoms with Gasteiger partial charge >= 0.3 is 0 Å². The molecule has 1 fully saturated rings. The van der Waals surface area contributed by atoms with Gasteiger partial charge < -0.3 is 19.3 Å². The largest absolute Gasteiger partial charge is 0.491 e.